The molecule has 0 N–H and O–H groups in total. The Hall–Kier alpha value is -3.29. The second-order valence-corrected chi connectivity index (χ2v) is 7.13. The number of aryl methyl sites for hydroxylation is 1. The number of pyridine rings is 1. The monoisotopic (exact) mass is 393 g/mol. The van der Waals surface area contributed by atoms with E-state index >= 15 is 0 Å². The van der Waals surface area contributed by atoms with Crippen LogP contribution in [0, 0.1) is 6.92 Å². The van der Waals surface area contributed by atoms with Crippen LogP contribution in [0.4, 0.5) is 0 Å². The fourth-order valence-electron chi connectivity index (χ4n) is 3.68. The van der Waals surface area contributed by atoms with Crippen molar-refractivity contribution in [2.24, 2.45) is 0 Å². The summed E-state index contributed by atoms with van der Waals surface area (Å²) in [6, 6.07) is 10.9. The average molecular weight is 393 g/mol. The highest BCUT2D eigenvalue weighted by molar-refractivity contribution is 5.95. The molecular weight excluding hydrogens is 370 g/mol. The van der Waals surface area contributed by atoms with Gasteiger partial charge in [0, 0.05) is 24.9 Å². The Bertz CT molecular complexity index is 1050. The van der Waals surface area contributed by atoms with Crippen molar-refractivity contribution in [1.29, 1.82) is 0 Å². The number of nitrogens with zero attached hydrogens (tertiary/aromatic N) is 5. The first-order valence-electron chi connectivity index (χ1n) is 9.81. The van der Waals surface area contributed by atoms with Crippen molar-refractivity contribution in [3.05, 3.63) is 53.8 Å². The van der Waals surface area contributed by atoms with Crippen LogP contribution in [0.2, 0.25) is 0 Å². The summed E-state index contributed by atoms with van der Waals surface area (Å²) >= 11 is 0. The number of hydrogen-bond donors (Lipinski definition) is 0. The third-order valence-corrected chi connectivity index (χ3v) is 5.15. The van der Waals surface area contributed by atoms with E-state index in [1.54, 1.807) is 22.8 Å². The number of rotatable bonds is 3. The molecule has 1 aliphatic rings. The maximum Gasteiger partial charge on any atom is 0.272 e. The summed E-state index contributed by atoms with van der Waals surface area (Å²) in [5.41, 5.74) is 1.17. The van der Waals surface area contributed by atoms with Gasteiger partial charge >= 0.3 is 0 Å². The van der Waals surface area contributed by atoms with Crippen molar-refractivity contribution in [3.8, 4) is 0 Å². The van der Waals surface area contributed by atoms with Crippen LogP contribution < -0.4 is 0 Å². The van der Waals surface area contributed by atoms with Gasteiger partial charge in [0.15, 0.2) is 5.82 Å². The average Bonchev–Trinajstić information content (AvgIpc) is 3.06. The molecular formula is C21H23N5O3. The zero-order chi connectivity index (χ0) is 20.4. The topological polar surface area (TPSA) is 92.4 Å². The van der Waals surface area contributed by atoms with Gasteiger partial charge in [-0.1, -0.05) is 36.3 Å². The third kappa shape index (κ3) is 3.83. The minimum absolute atomic E-state index is 0.00369. The van der Waals surface area contributed by atoms with Crippen LogP contribution in [0.5, 0.6) is 0 Å². The number of hydrogen-bond acceptors (Lipinski definition) is 6. The minimum atomic E-state index is -0.462. The number of fused-ring (bicyclic) bond motifs is 1. The maximum absolute atomic E-state index is 13.2. The smallest absolute Gasteiger partial charge is 0.272 e. The van der Waals surface area contributed by atoms with Gasteiger partial charge in [-0.15, -0.1) is 0 Å². The van der Waals surface area contributed by atoms with Gasteiger partial charge in [0.05, 0.1) is 12.1 Å². The summed E-state index contributed by atoms with van der Waals surface area (Å²) < 4.78 is 5.37. The van der Waals surface area contributed by atoms with Gasteiger partial charge in [-0.25, -0.2) is 4.98 Å². The van der Waals surface area contributed by atoms with E-state index in [9.17, 15) is 9.59 Å². The molecule has 0 bridgehead atoms. The first kappa shape index (κ1) is 19.0. The van der Waals surface area contributed by atoms with E-state index in [0.717, 1.165) is 10.9 Å². The number of aromatic nitrogens is 3. The highest BCUT2D eigenvalue weighted by Gasteiger charge is 2.34. The Kier molecular flexibility index (Phi) is 5.24. The number of carbonyl (C=O) groups is 2. The maximum atomic E-state index is 13.2. The molecule has 1 fully saturated rings. The Labute approximate surface area is 168 Å². The van der Waals surface area contributed by atoms with Crippen molar-refractivity contribution < 1.29 is 14.1 Å². The van der Waals surface area contributed by atoms with Crippen molar-refractivity contribution in [1.82, 2.24) is 24.9 Å². The number of benzene rings is 1. The van der Waals surface area contributed by atoms with E-state index in [0.29, 0.717) is 49.9 Å². The number of amides is 2. The van der Waals surface area contributed by atoms with Crippen LogP contribution in [0.15, 0.2) is 40.9 Å². The van der Waals surface area contributed by atoms with E-state index in [2.05, 4.69) is 15.1 Å². The highest BCUT2D eigenvalue weighted by Crippen LogP contribution is 2.26. The molecule has 3 heterocycles. The van der Waals surface area contributed by atoms with Crippen LogP contribution in [0.3, 0.4) is 0 Å². The first-order valence-corrected chi connectivity index (χ1v) is 9.81. The lowest BCUT2D eigenvalue weighted by Crippen LogP contribution is -2.40. The Morgan fingerprint density at radius 1 is 1.14 bits per heavy atom. The SMILES string of the molecule is CCC(=O)N1CCCN(C(=O)c2ccc3ccccc3n2)CC1c1nc(C)no1. The van der Waals surface area contributed by atoms with Gasteiger partial charge in [-0.3, -0.25) is 9.59 Å². The molecule has 1 atom stereocenters. The van der Waals surface area contributed by atoms with Crippen LogP contribution in [-0.2, 0) is 4.79 Å². The lowest BCUT2D eigenvalue weighted by atomic mass is 10.2. The van der Waals surface area contributed by atoms with Crippen molar-refractivity contribution in [2.45, 2.75) is 32.7 Å². The normalized spacial score (nSPS) is 17.4. The molecule has 2 aromatic heterocycles. The largest absolute Gasteiger partial charge is 0.337 e. The number of para-hydroxylation sites is 1. The molecule has 4 rings (SSSR count). The second kappa shape index (κ2) is 7.98. The molecule has 0 spiro atoms. The molecule has 29 heavy (non-hydrogen) atoms. The molecule has 2 amide bonds. The predicted molar refractivity (Wildman–Crippen MR) is 106 cm³/mol. The molecule has 1 aromatic carbocycles. The number of carbonyl (C=O) groups excluding carboxylic acids is 2. The summed E-state index contributed by atoms with van der Waals surface area (Å²) in [5, 5.41) is 4.85. The molecule has 0 saturated carbocycles. The summed E-state index contributed by atoms with van der Waals surface area (Å²) in [5.74, 6) is 0.699. The molecule has 8 nitrogen and oxygen atoms in total. The molecule has 1 saturated heterocycles. The van der Waals surface area contributed by atoms with Gasteiger partial charge < -0.3 is 14.3 Å². The highest BCUT2D eigenvalue weighted by atomic mass is 16.5. The van der Waals surface area contributed by atoms with Crippen molar-refractivity contribution in [3.63, 3.8) is 0 Å². The molecule has 3 aromatic rings. The molecule has 0 aliphatic carbocycles. The summed E-state index contributed by atoms with van der Waals surface area (Å²) in [7, 11) is 0. The van der Waals surface area contributed by atoms with Crippen LogP contribution in [-0.4, -0.2) is 56.4 Å². The van der Waals surface area contributed by atoms with E-state index in [4.69, 9.17) is 4.52 Å². The summed E-state index contributed by atoms with van der Waals surface area (Å²) in [4.78, 5) is 38.1. The van der Waals surface area contributed by atoms with Crippen LogP contribution in [0.1, 0.15) is 48.0 Å². The Morgan fingerprint density at radius 3 is 2.72 bits per heavy atom. The lowest BCUT2D eigenvalue weighted by molar-refractivity contribution is -0.133. The second-order valence-electron chi connectivity index (χ2n) is 7.13. The fourth-order valence-corrected chi connectivity index (χ4v) is 3.68. The van der Waals surface area contributed by atoms with Crippen molar-refractivity contribution in [2.75, 3.05) is 19.6 Å². The van der Waals surface area contributed by atoms with E-state index in [-0.39, 0.29) is 11.8 Å². The Morgan fingerprint density at radius 2 is 1.97 bits per heavy atom. The molecule has 1 aliphatic heterocycles. The zero-order valence-corrected chi connectivity index (χ0v) is 16.5. The van der Waals surface area contributed by atoms with Gasteiger partial charge in [-0.2, -0.15) is 4.98 Å². The van der Waals surface area contributed by atoms with Crippen LogP contribution in [0.25, 0.3) is 10.9 Å². The van der Waals surface area contributed by atoms with Gasteiger partial charge in [0.25, 0.3) is 11.8 Å². The first-order chi connectivity index (χ1) is 14.1. The minimum Gasteiger partial charge on any atom is -0.337 e. The lowest BCUT2D eigenvalue weighted by Gasteiger charge is -2.29. The molecule has 0 radical (unpaired) electrons. The standard InChI is InChI=1S/C21H23N5O3/c1-3-19(27)26-12-6-11-25(13-18(26)20-22-14(2)24-29-20)21(28)17-10-9-15-7-4-5-8-16(15)23-17/h4-5,7-10,18H,3,6,11-13H2,1-2H3. The van der Waals surface area contributed by atoms with E-state index in [1.807, 2.05) is 37.3 Å². The van der Waals surface area contributed by atoms with Crippen LogP contribution >= 0.6 is 0 Å². The third-order valence-electron chi connectivity index (χ3n) is 5.15. The quantitative estimate of drug-likeness (QED) is 0.679. The van der Waals surface area contributed by atoms with E-state index < -0.39 is 6.04 Å². The predicted octanol–water partition coefficient (Wildman–Crippen LogP) is 2.75. The molecule has 1 unspecified atom stereocenters. The van der Waals surface area contributed by atoms with Crippen molar-refractivity contribution >= 4 is 22.7 Å². The van der Waals surface area contributed by atoms with Gasteiger partial charge in [-0.05, 0) is 25.5 Å². The molecule has 150 valence electrons. The van der Waals surface area contributed by atoms with E-state index in [1.165, 1.54) is 0 Å². The molecule has 8 heteroatoms. The fraction of sp³-hybridized carbons (Fsp3) is 0.381. The van der Waals surface area contributed by atoms with Gasteiger partial charge in [0.2, 0.25) is 5.91 Å². The Balaban J connectivity index is 1.64. The van der Waals surface area contributed by atoms with Gasteiger partial charge in [0.1, 0.15) is 11.7 Å². The summed E-state index contributed by atoms with van der Waals surface area (Å²) in [6.07, 6.45) is 1.05. The zero-order valence-electron chi connectivity index (χ0n) is 16.5. The summed E-state index contributed by atoms with van der Waals surface area (Å²) in [6.45, 7) is 4.92.